The van der Waals surface area contributed by atoms with Crippen LogP contribution < -0.4 is 0 Å². The third-order valence-corrected chi connectivity index (χ3v) is 2.71. The van der Waals surface area contributed by atoms with Crippen molar-refractivity contribution < 1.29 is 4.79 Å². The van der Waals surface area contributed by atoms with Crippen LogP contribution in [-0.2, 0) is 11.8 Å². The van der Waals surface area contributed by atoms with Crippen LogP contribution in [0.4, 0.5) is 4.79 Å². The Morgan fingerprint density at radius 2 is 2.05 bits per heavy atom. The molecule has 0 saturated heterocycles. The first-order valence-electron chi connectivity index (χ1n) is 6.65. The van der Waals surface area contributed by atoms with Crippen LogP contribution in [0.3, 0.4) is 0 Å². The van der Waals surface area contributed by atoms with Gasteiger partial charge in [0.15, 0.2) is 5.82 Å². The van der Waals surface area contributed by atoms with E-state index in [0.29, 0.717) is 17.6 Å². The second-order valence-corrected chi connectivity index (χ2v) is 6.23. The summed E-state index contributed by atoms with van der Waals surface area (Å²) in [4.78, 5) is 20.7. The Balaban J connectivity index is 2.45. The second kappa shape index (κ2) is 5.15. The molecule has 7 nitrogen and oxygen atoms in total. The smallest absolute Gasteiger partial charge is 0.243 e. The molecule has 0 aliphatic carbocycles. The van der Waals surface area contributed by atoms with Crippen LogP contribution in [0.25, 0.3) is 0 Å². The summed E-state index contributed by atoms with van der Waals surface area (Å²) in [5.74, 6) is 1.74. The third kappa shape index (κ3) is 2.92. The van der Waals surface area contributed by atoms with Crippen LogP contribution in [0.5, 0.6) is 0 Å². The zero-order chi connectivity index (χ0) is 14.9. The Labute approximate surface area is 118 Å². The lowest BCUT2D eigenvalue weighted by Gasteiger charge is -2.16. The van der Waals surface area contributed by atoms with Gasteiger partial charge in [0.1, 0.15) is 18.5 Å². The molecule has 2 aromatic rings. The van der Waals surface area contributed by atoms with Crippen molar-refractivity contribution >= 4 is 6.03 Å². The average Bonchev–Trinajstić information content (AvgIpc) is 2.93. The van der Waals surface area contributed by atoms with Gasteiger partial charge in [-0.2, -0.15) is 14.5 Å². The van der Waals surface area contributed by atoms with Crippen LogP contribution in [0.2, 0.25) is 0 Å². The van der Waals surface area contributed by atoms with Gasteiger partial charge in [-0.05, 0) is 5.92 Å². The highest BCUT2D eigenvalue weighted by atomic mass is 16.2. The standard InChI is InChI=1S/C13H20N6O/c1-9(2)6-10-16-11(13(3,4)5)19(17-10)12(20)18-8-14-7-15-18/h7-9H,6H2,1-5H3. The van der Waals surface area contributed by atoms with E-state index >= 15 is 0 Å². The first kappa shape index (κ1) is 14.4. The number of carbonyl (C=O) groups is 1. The molecule has 0 aliphatic rings. The van der Waals surface area contributed by atoms with Crippen LogP contribution in [0.1, 0.15) is 46.3 Å². The summed E-state index contributed by atoms with van der Waals surface area (Å²) in [6.45, 7) is 10.2. The van der Waals surface area contributed by atoms with Crippen molar-refractivity contribution in [2.24, 2.45) is 5.92 Å². The number of carbonyl (C=O) groups excluding carboxylic acids is 1. The summed E-state index contributed by atoms with van der Waals surface area (Å²) in [6.07, 6.45) is 3.42. The Morgan fingerprint density at radius 1 is 1.35 bits per heavy atom. The SMILES string of the molecule is CC(C)Cc1nc(C(C)(C)C)n(C(=O)n2cncn2)n1. The number of hydrogen-bond acceptors (Lipinski definition) is 5. The van der Waals surface area contributed by atoms with Gasteiger partial charge >= 0.3 is 6.03 Å². The molecule has 0 amide bonds. The maximum atomic E-state index is 12.4. The Kier molecular flexibility index (Phi) is 3.69. The molecular formula is C13H20N6O. The highest BCUT2D eigenvalue weighted by Crippen LogP contribution is 2.21. The quantitative estimate of drug-likeness (QED) is 0.836. The Bertz CT molecular complexity index is 591. The minimum Gasteiger partial charge on any atom is -0.243 e. The van der Waals surface area contributed by atoms with Crippen LogP contribution in [-0.4, -0.2) is 35.6 Å². The number of hydrogen-bond donors (Lipinski definition) is 0. The molecule has 0 bridgehead atoms. The Morgan fingerprint density at radius 3 is 2.55 bits per heavy atom. The normalized spacial score (nSPS) is 12.1. The number of nitrogens with zero attached hydrogens (tertiary/aromatic N) is 6. The van der Waals surface area contributed by atoms with Crippen molar-refractivity contribution in [3.8, 4) is 0 Å². The fourth-order valence-corrected chi connectivity index (χ4v) is 1.83. The van der Waals surface area contributed by atoms with Gasteiger partial charge in [-0.3, -0.25) is 0 Å². The number of rotatable bonds is 2. The van der Waals surface area contributed by atoms with Crippen molar-refractivity contribution in [1.29, 1.82) is 0 Å². The van der Waals surface area contributed by atoms with Gasteiger partial charge in [0.05, 0.1) is 0 Å². The molecule has 0 fully saturated rings. The highest BCUT2D eigenvalue weighted by molar-refractivity contribution is 5.77. The molecule has 0 N–H and O–H groups in total. The summed E-state index contributed by atoms with van der Waals surface area (Å²) < 4.78 is 2.48. The molecule has 2 rings (SSSR count). The van der Waals surface area contributed by atoms with E-state index in [1.165, 1.54) is 17.3 Å². The van der Waals surface area contributed by atoms with Crippen LogP contribution in [0.15, 0.2) is 12.7 Å². The lowest BCUT2D eigenvalue weighted by atomic mass is 9.96. The predicted octanol–water partition coefficient (Wildman–Crippen LogP) is 1.88. The highest BCUT2D eigenvalue weighted by Gasteiger charge is 2.27. The predicted molar refractivity (Wildman–Crippen MR) is 73.5 cm³/mol. The van der Waals surface area contributed by atoms with Crippen LogP contribution in [0, 0.1) is 5.92 Å². The van der Waals surface area contributed by atoms with E-state index < -0.39 is 0 Å². The van der Waals surface area contributed by atoms with Gasteiger partial charge in [-0.25, -0.2) is 14.8 Å². The third-order valence-electron chi connectivity index (χ3n) is 2.71. The summed E-state index contributed by atoms with van der Waals surface area (Å²) >= 11 is 0. The molecule has 2 aromatic heterocycles. The number of aromatic nitrogens is 6. The van der Waals surface area contributed by atoms with E-state index in [4.69, 9.17) is 0 Å². The lowest BCUT2D eigenvalue weighted by molar-refractivity contribution is 0.235. The lowest BCUT2D eigenvalue weighted by Crippen LogP contribution is -2.28. The minimum atomic E-state index is -0.366. The average molecular weight is 276 g/mol. The van der Waals surface area contributed by atoms with Crippen molar-refractivity contribution in [1.82, 2.24) is 29.5 Å². The molecule has 7 heteroatoms. The monoisotopic (exact) mass is 276 g/mol. The maximum absolute atomic E-state index is 12.4. The van der Waals surface area contributed by atoms with E-state index in [0.717, 1.165) is 11.1 Å². The largest absolute Gasteiger partial charge is 0.372 e. The topological polar surface area (TPSA) is 78.5 Å². The van der Waals surface area contributed by atoms with Crippen molar-refractivity contribution in [2.75, 3.05) is 0 Å². The Hall–Kier alpha value is -2.05. The molecule has 108 valence electrons. The molecule has 0 saturated carbocycles. The fourth-order valence-electron chi connectivity index (χ4n) is 1.83. The van der Waals surface area contributed by atoms with Crippen LogP contribution >= 0.6 is 0 Å². The summed E-state index contributed by atoms with van der Waals surface area (Å²) in [6, 6.07) is -0.366. The zero-order valence-corrected chi connectivity index (χ0v) is 12.5. The van der Waals surface area contributed by atoms with Gasteiger partial charge in [-0.1, -0.05) is 34.6 Å². The van der Waals surface area contributed by atoms with E-state index in [-0.39, 0.29) is 11.4 Å². The first-order valence-corrected chi connectivity index (χ1v) is 6.65. The molecule has 0 atom stereocenters. The molecule has 0 unspecified atom stereocenters. The van der Waals surface area contributed by atoms with Crippen molar-refractivity contribution in [3.05, 3.63) is 24.3 Å². The second-order valence-electron chi connectivity index (χ2n) is 6.23. The molecule has 20 heavy (non-hydrogen) atoms. The van der Waals surface area contributed by atoms with Gasteiger partial charge in [0.25, 0.3) is 0 Å². The zero-order valence-electron chi connectivity index (χ0n) is 12.5. The summed E-state index contributed by atoms with van der Waals surface area (Å²) in [5.41, 5.74) is -0.279. The molecule has 0 aliphatic heterocycles. The molecule has 0 spiro atoms. The van der Waals surface area contributed by atoms with E-state index in [2.05, 4.69) is 34.0 Å². The van der Waals surface area contributed by atoms with Gasteiger partial charge in [0, 0.05) is 11.8 Å². The minimum absolute atomic E-state index is 0.279. The van der Waals surface area contributed by atoms with Gasteiger partial charge < -0.3 is 0 Å². The van der Waals surface area contributed by atoms with Crippen molar-refractivity contribution in [2.45, 2.75) is 46.5 Å². The van der Waals surface area contributed by atoms with Gasteiger partial charge in [-0.15, -0.1) is 5.10 Å². The summed E-state index contributed by atoms with van der Waals surface area (Å²) in [7, 11) is 0. The van der Waals surface area contributed by atoms with Crippen molar-refractivity contribution in [3.63, 3.8) is 0 Å². The maximum Gasteiger partial charge on any atom is 0.372 e. The summed E-state index contributed by atoms with van der Waals surface area (Å²) in [5, 5.41) is 8.19. The van der Waals surface area contributed by atoms with E-state index in [1.54, 1.807) is 0 Å². The molecular weight excluding hydrogens is 256 g/mol. The molecule has 0 aromatic carbocycles. The van der Waals surface area contributed by atoms with E-state index in [1.807, 2.05) is 20.8 Å². The molecule has 0 radical (unpaired) electrons. The fraction of sp³-hybridized carbons (Fsp3) is 0.615. The first-order chi connectivity index (χ1) is 9.29. The molecule has 2 heterocycles. The van der Waals surface area contributed by atoms with Gasteiger partial charge in [0.2, 0.25) is 0 Å². The van der Waals surface area contributed by atoms with E-state index in [9.17, 15) is 4.79 Å².